The summed E-state index contributed by atoms with van der Waals surface area (Å²) in [5.74, 6) is 0.843. The van der Waals surface area contributed by atoms with Crippen LogP contribution in [0.2, 0.25) is 0 Å². The molecule has 0 saturated carbocycles. The SMILES string of the molecule is O=C(Cc1ccc(-c2ccc(OCC[NH+]3CCOCC3)cc2)cn1)NCc1ccccc1.[Cl-]. The lowest BCUT2D eigenvalue weighted by atomic mass is 10.1. The van der Waals surface area contributed by atoms with Gasteiger partial charge >= 0.3 is 0 Å². The van der Waals surface area contributed by atoms with Crippen LogP contribution in [-0.2, 0) is 22.5 Å². The van der Waals surface area contributed by atoms with Gasteiger partial charge in [-0.05, 0) is 29.3 Å². The number of hydrogen-bond acceptors (Lipinski definition) is 4. The van der Waals surface area contributed by atoms with E-state index < -0.39 is 0 Å². The van der Waals surface area contributed by atoms with Crippen LogP contribution in [0.25, 0.3) is 11.1 Å². The van der Waals surface area contributed by atoms with Crippen molar-refractivity contribution in [1.29, 1.82) is 0 Å². The van der Waals surface area contributed by atoms with E-state index >= 15 is 0 Å². The van der Waals surface area contributed by atoms with Crippen LogP contribution in [0.1, 0.15) is 11.3 Å². The van der Waals surface area contributed by atoms with Gasteiger partial charge in [0, 0.05) is 24.0 Å². The molecule has 1 saturated heterocycles. The van der Waals surface area contributed by atoms with Gasteiger partial charge < -0.3 is 32.1 Å². The summed E-state index contributed by atoms with van der Waals surface area (Å²) in [6, 6.07) is 21.9. The molecular formula is C26H30ClN3O3. The molecule has 2 N–H and O–H groups in total. The van der Waals surface area contributed by atoms with Crippen molar-refractivity contribution in [2.75, 3.05) is 39.5 Å². The molecule has 2 aromatic carbocycles. The lowest BCUT2D eigenvalue weighted by Gasteiger charge is -2.23. The molecular weight excluding hydrogens is 438 g/mol. The van der Waals surface area contributed by atoms with E-state index in [1.807, 2.05) is 72.9 Å². The van der Waals surface area contributed by atoms with Gasteiger partial charge in [0.25, 0.3) is 0 Å². The van der Waals surface area contributed by atoms with E-state index in [-0.39, 0.29) is 24.7 Å². The molecule has 33 heavy (non-hydrogen) atoms. The lowest BCUT2D eigenvalue weighted by molar-refractivity contribution is -0.908. The third-order valence-electron chi connectivity index (χ3n) is 5.61. The van der Waals surface area contributed by atoms with Gasteiger partial charge in [-0.15, -0.1) is 0 Å². The third-order valence-corrected chi connectivity index (χ3v) is 5.61. The Bertz CT molecular complexity index is 976. The van der Waals surface area contributed by atoms with Gasteiger partial charge in [-0.3, -0.25) is 9.78 Å². The first-order valence-corrected chi connectivity index (χ1v) is 11.2. The highest BCUT2D eigenvalue weighted by molar-refractivity contribution is 5.78. The number of hydrogen-bond donors (Lipinski definition) is 2. The standard InChI is InChI=1S/C26H29N3O3.ClH/c30-26(28-19-21-4-2-1-3-5-21)18-24-9-6-23(20-27-24)22-7-10-25(11-8-22)32-17-14-29-12-15-31-16-13-29;/h1-11,20H,12-19H2,(H,28,30);1H. The maximum atomic E-state index is 12.2. The van der Waals surface area contributed by atoms with Gasteiger partial charge in [-0.1, -0.05) is 48.5 Å². The van der Waals surface area contributed by atoms with E-state index in [0.29, 0.717) is 13.2 Å². The van der Waals surface area contributed by atoms with Crippen LogP contribution in [0, 0.1) is 0 Å². The number of pyridine rings is 1. The molecule has 1 aromatic heterocycles. The number of nitrogens with zero attached hydrogens (tertiary/aromatic N) is 1. The zero-order chi connectivity index (χ0) is 22.0. The van der Waals surface area contributed by atoms with Crippen molar-refractivity contribution < 1.29 is 31.6 Å². The van der Waals surface area contributed by atoms with E-state index in [0.717, 1.165) is 61.0 Å². The predicted octanol–water partition coefficient (Wildman–Crippen LogP) is -1.09. The molecule has 0 aliphatic carbocycles. The molecule has 1 aliphatic heterocycles. The number of amides is 1. The first kappa shape index (κ1) is 24.7. The molecule has 174 valence electrons. The molecule has 0 spiro atoms. The van der Waals surface area contributed by atoms with E-state index in [1.54, 1.807) is 0 Å². The molecule has 7 heteroatoms. The number of nitrogens with one attached hydrogen (secondary N) is 2. The summed E-state index contributed by atoms with van der Waals surface area (Å²) < 4.78 is 11.3. The summed E-state index contributed by atoms with van der Waals surface area (Å²) in [4.78, 5) is 18.2. The highest BCUT2D eigenvalue weighted by Gasteiger charge is 2.13. The topological polar surface area (TPSA) is 64.9 Å². The fourth-order valence-electron chi connectivity index (χ4n) is 3.69. The molecule has 3 aromatic rings. The zero-order valence-electron chi connectivity index (χ0n) is 18.6. The number of ether oxygens (including phenoxy) is 2. The Morgan fingerprint density at radius 2 is 1.70 bits per heavy atom. The Morgan fingerprint density at radius 1 is 0.970 bits per heavy atom. The van der Waals surface area contributed by atoms with Crippen LogP contribution in [0.5, 0.6) is 5.75 Å². The minimum Gasteiger partial charge on any atom is -1.00 e. The Morgan fingerprint density at radius 3 is 2.39 bits per heavy atom. The molecule has 0 atom stereocenters. The van der Waals surface area contributed by atoms with Gasteiger partial charge in [0.2, 0.25) is 5.91 Å². The van der Waals surface area contributed by atoms with E-state index in [9.17, 15) is 4.79 Å². The van der Waals surface area contributed by atoms with Gasteiger partial charge in [-0.25, -0.2) is 0 Å². The fourth-order valence-corrected chi connectivity index (χ4v) is 3.69. The second-order valence-corrected chi connectivity index (χ2v) is 7.96. The molecule has 1 fully saturated rings. The van der Waals surface area contributed by atoms with Gasteiger partial charge in [0.1, 0.15) is 32.0 Å². The normalized spacial score (nSPS) is 13.7. The molecule has 0 bridgehead atoms. The summed E-state index contributed by atoms with van der Waals surface area (Å²) in [5.41, 5.74) is 3.93. The van der Waals surface area contributed by atoms with Crippen molar-refractivity contribution in [1.82, 2.24) is 10.3 Å². The summed E-state index contributed by atoms with van der Waals surface area (Å²) in [7, 11) is 0. The Balaban J connectivity index is 0.00000306. The van der Waals surface area contributed by atoms with Gasteiger partial charge in [0.15, 0.2) is 0 Å². The largest absolute Gasteiger partial charge is 1.00 e. The molecule has 0 unspecified atom stereocenters. The predicted molar refractivity (Wildman–Crippen MR) is 124 cm³/mol. The van der Waals surface area contributed by atoms with E-state index in [1.165, 1.54) is 4.90 Å². The van der Waals surface area contributed by atoms with Crippen molar-refractivity contribution in [3.63, 3.8) is 0 Å². The zero-order valence-corrected chi connectivity index (χ0v) is 19.4. The Labute approximate surface area is 201 Å². The smallest absolute Gasteiger partial charge is 0.226 e. The van der Waals surface area contributed by atoms with Gasteiger partial charge in [0.05, 0.1) is 19.6 Å². The first-order chi connectivity index (χ1) is 15.8. The number of benzene rings is 2. The summed E-state index contributed by atoms with van der Waals surface area (Å²) in [6.07, 6.45) is 2.09. The number of aromatic nitrogens is 1. The summed E-state index contributed by atoms with van der Waals surface area (Å²) in [5, 5.41) is 2.94. The van der Waals surface area contributed by atoms with Crippen molar-refractivity contribution >= 4 is 5.91 Å². The highest BCUT2D eigenvalue weighted by atomic mass is 35.5. The average molecular weight is 468 g/mol. The molecule has 6 nitrogen and oxygen atoms in total. The van der Waals surface area contributed by atoms with Crippen LogP contribution >= 0.6 is 0 Å². The molecule has 1 aliphatic rings. The Kier molecular flexibility index (Phi) is 9.69. The molecule has 1 amide bonds. The van der Waals surface area contributed by atoms with E-state index in [4.69, 9.17) is 9.47 Å². The first-order valence-electron chi connectivity index (χ1n) is 11.2. The van der Waals surface area contributed by atoms with Crippen LogP contribution in [-0.4, -0.2) is 50.3 Å². The molecule has 4 rings (SSSR count). The maximum Gasteiger partial charge on any atom is 0.226 e. The van der Waals surface area contributed by atoms with Crippen LogP contribution in [0.4, 0.5) is 0 Å². The van der Waals surface area contributed by atoms with Crippen molar-refractivity contribution in [3.05, 3.63) is 84.2 Å². The number of quaternary nitrogens is 1. The quantitative estimate of drug-likeness (QED) is 0.419. The average Bonchev–Trinajstić information content (AvgIpc) is 2.85. The third kappa shape index (κ3) is 7.86. The monoisotopic (exact) mass is 467 g/mol. The second-order valence-electron chi connectivity index (χ2n) is 7.96. The van der Waals surface area contributed by atoms with Crippen LogP contribution < -0.4 is 27.4 Å². The van der Waals surface area contributed by atoms with E-state index in [2.05, 4.69) is 10.3 Å². The fraction of sp³-hybridized carbons (Fsp3) is 0.308. The Hall–Kier alpha value is -2.93. The maximum absolute atomic E-state index is 12.2. The van der Waals surface area contributed by atoms with Crippen LogP contribution in [0.15, 0.2) is 72.9 Å². The second kappa shape index (κ2) is 12.9. The number of carbonyl (C=O) groups is 1. The van der Waals surface area contributed by atoms with Crippen molar-refractivity contribution in [3.8, 4) is 16.9 Å². The van der Waals surface area contributed by atoms with Crippen molar-refractivity contribution in [2.24, 2.45) is 0 Å². The number of morpholine rings is 1. The number of rotatable bonds is 9. The van der Waals surface area contributed by atoms with Crippen molar-refractivity contribution in [2.45, 2.75) is 13.0 Å². The molecule has 2 heterocycles. The summed E-state index contributed by atoms with van der Waals surface area (Å²) in [6.45, 7) is 6.02. The summed E-state index contributed by atoms with van der Waals surface area (Å²) >= 11 is 0. The van der Waals surface area contributed by atoms with Crippen LogP contribution in [0.3, 0.4) is 0 Å². The number of carbonyl (C=O) groups excluding carboxylic acids is 1. The minimum atomic E-state index is -0.0329. The van der Waals surface area contributed by atoms with Gasteiger partial charge in [-0.2, -0.15) is 0 Å². The minimum absolute atomic E-state index is 0. The highest BCUT2D eigenvalue weighted by Crippen LogP contribution is 2.22. The lowest BCUT2D eigenvalue weighted by Crippen LogP contribution is -3.14. The number of halogens is 1. The molecule has 0 radical (unpaired) electrons.